The van der Waals surface area contributed by atoms with E-state index >= 15 is 0 Å². The van der Waals surface area contributed by atoms with Crippen molar-refractivity contribution in [2.75, 3.05) is 63.9 Å². The molecule has 1 aromatic heterocycles. The first-order valence-corrected chi connectivity index (χ1v) is 13.7. The zero-order chi connectivity index (χ0) is 25.0. The fourth-order valence-corrected chi connectivity index (χ4v) is 5.19. The lowest BCUT2D eigenvalue weighted by molar-refractivity contribution is 0.0699. The summed E-state index contributed by atoms with van der Waals surface area (Å²) in [7, 11) is 1.69. The van der Waals surface area contributed by atoms with Crippen molar-refractivity contribution in [3.05, 3.63) is 41.6 Å². The predicted molar refractivity (Wildman–Crippen MR) is 147 cm³/mol. The Labute approximate surface area is 220 Å². The molecule has 8 heteroatoms. The van der Waals surface area contributed by atoms with Crippen molar-refractivity contribution in [2.45, 2.75) is 50.6 Å². The molecule has 7 nitrogen and oxygen atoms in total. The van der Waals surface area contributed by atoms with Crippen LogP contribution in [0.5, 0.6) is 0 Å². The maximum Gasteiger partial charge on any atom is 0.126 e. The third kappa shape index (κ3) is 8.60. The molecule has 1 aliphatic heterocycles. The number of benzene rings is 1. The van der Waals surface area contributed by atoms with Crippen LogP contribution in [0.2, 0.25) is 5.02 Å². The van der Waals surface area contributed by atoms with E-state index in [0.717, 1.165) is 94.1 Å². The molecule has 0 spiro atoms. The number of ether oxygens (including phenoxy) is 3. The summed E-state index contributed by atoms with van der Waals surface area (Å²) in [4.78, 5) is 4.57. The molecule has 1 saturated heterocycles. The Morgan fingerprint density at radius 2 is 1.81 bits per heavy atom. The van der Waals surface area contributed by atoms with E-state index in [2.05, 4.69) is 51.3 Å². The summed E-state index contributed by atoms with van der Waals surface area (Å²) in [5, 5.41) is 11.5. The van der Waals surface area contributed by atoms with E-state index in [1.54, 1.807) is 13.3 Å². The Morgan fingerprint density at radius 1 is 1.00 bits per heavy atom. The normalized spacial score (nSPS) is 20.8. The molecular weight excluding hydrogens is 476 g/mol. The zero-order valence-electron chi connectivity index (χ0n) is 21.4. The van der Waals surface area contributed by atoms with Gasteiger partial charge in [-0.15, -0.1) is 0 Å². The second-order valence-corrected chi connectivity index (χ2v) is 10.2. The molecule has 198 valence electrons. The first-order valence-electron chi connectivity index (χ1n) is 13.4. The van der Waals surface area contributed by atoms with E-state index in [9.17, 15) is 0 Å². The van der Waals surface area contributed by atoms with Gasteiger partial charge in [-0.3, -0.25) is 0 Å². The van der Waals surface area contributed by atoms with Gasteiger partial charge < -0.3 is 30.2 Å². The molecule has 1 aliphatic carbocycles. The van der Waals surface area contributed by atoms with E-state index < -0.39 is 0 Å². The van der Waals surface area contributed by atoms with E-state index in [1.807, 2.05) is 0 Å². The van der Waals surface area contributed by atoms with Crippen LogP contribution in [0.1, 0.15) is 38.5 Å². The first kappa shape index (κ1) is 27.1. The second kappa shape index (κ2) is 14.7. The molecule has 2 heterocycles. The quantitative estimate of drug-likeness (QED) is 0.315. The minimum absolute atomic E-state index is 0.426. The summed E-state index contributed by atoms with van der Waals surface area (Å²) in [6.07, 6.45) is 8.55. The van der Waals surface area contributed by atoms with E-state index in [0.29, 0.717) is 36.2 Å². The van der Waals surface area contributed by atoms with Gasteiger partial charge in [-0.1, -0.05) is 23.7 Å². The number of anilines is 2. The van der Waals surface area contributed by atoms with Gasteiger partial charge >= 0.3 is 0 Å². The number of nitrogens with one attached hydrogen (secondary N) is 3. The van der Waals surface area contributed by atoms with Crippen LogP contribution < -0.4 is 16.0 Å². The van der Waals surface area contributed by atoms with E-state index in [4.69, 9.17) is 25.8 Å². The van der Waals surface area contributed by atoms with Crippen LogP contribution in [0.25, 0.3) is 11.1 Å². The van der Waals surface area contributed by atoms with Crippen molar-refractivity contribution in [1.82, 2.24) is 10.3 Å². The third-order valence-electron chi connectivity index (χ3n) is 7.16. The highest BCUT2D eigenvalue weighted by Crippen LogP contribution is 2.32. The number of hydrogen-bond donors (Lipinski definition) is 3. The van der Waals surface area contributed by atoms with Gasteiger partial charge in [0.1, 0.15) is 5.82 Å². The van der Waals surface area contributed by atoms with Crippen molar-refractivity contribution in [1.29, 1.82) is 0 Å². The minimum atomic E-state index is 0.426. The van der Waals surface area contributed by atoms with Crippen LogP contribution in [-0.2, 0) is 14.2 Å². The molecule has 0 amide bonds. The fourth-order valence-electron chi connectivity index (χ4n) is 4.98. The van der Waals surface area contributed by atoms with Gasteiger partial charge in [0.25, 0.3) is 0 Å². The Bertz CT molecular complexity index is 917. The summed E-state index contributed by atoms with van der Waals surface area (Å²) in [5.41, 5.74) is 3.23. The van der Waals surface area contributed by atoms with Crippen LogP contribution in [0, 0.1) is 5.92 Å². The first-order chi connectivity index (χ1) is 17.7. The van der Waals surface area contributed by atoms with Crippen molar-refractivity contribution in [2.24, 2.45) is 5.92 Å². The molecule has 0 bridgehead atoms. The molecule has 0 radical (unpaired) electrons. The lowest BCUT2D eigenvalue weighted by atomic mass is 9.91. The molecule has 2 fully saturated rings. The van der Waals surface area contributed by atoms with Crippen molar-refractivity contribution in [3.63, 3.8) is 0 Å². The predicted octanol–water partition coefficient (Wildman–Crippen LogP) is 5.22. The highest BCUT2D eigenvalue weighted by molar-refractivity contribution is 6.33. The van der Waals surface area contributed by atoms with Crippen LogP contribution in [0.15, 0.2) is 36.5 Å². The lowest BCUT2D eigenvalue weighted by Gasteiger charge is -2.30. The second-order valence-electron chi connectivity index (χ2n) is 9.82. The maximum atomic E-state index is 6.58. The van der Waals surface area contributed by atoms with Gasteiger partial charge in [-0.25, -0.2) is 4.98 Å². The molecule has 1 aromatic carbocycles. The largest absolute Gasteiger partial charge is 0.385 e. The Kier molecular flexibility index (Phi) is 11.1. The van der Waals surface area contributed by atoms with Crippen molar-refractivity contribution < 1.29 is 14.2 Å². The standard InChI is InChI=1S/C28H41ClN4O3/c1-34-15-16-36-14-11-30-23-5-7-24(8-6-23)33-28-18-26(27(29)20-32-28)22-3-2-4-25(17-22)31-19-21-9-12-35-13-10-21/h2-4,17-18,20-21,23-24,30-31H,5-16,19H2,1H3,(H,32,33). The average molecular weight is 517 g/mol. The maximum absolute atomic E-state index is 6.58. The fraction of sp³-hybridized carbons (Fsp3) is 0.607. The smallest absolute Gasteiger partial charge is 0.126 e. The number of hydrogen-bond acceptors (Lipinski definition) is 7. The van der Waals surface area contributed by atoms with Gasteiger partial charge in [0.2, 0.25) is 0 Å². The van der Waals surface area contributed by atoms with Crippen molar-refractivity contribution >= 4 is 23.1 Å². The van der Waals surface area contributed by atoms with Crippen LogP contribution in [-0.4, -0.2) is 70.3 Å². The molecule has 2 aliphatic rings. The van der Waals surface area contributed by atoms with E-state index in [-0.39, 0.29) is 0 Å². The SMILES string of the molecule is COCCOCCNC1CCC(Nc2cc(-c3cccc(NCC4CCOCC4)c3)c(Cl)cn2)CC1. The molecule has 3 N–H and O–H groups in total. The monoisotopic (exact) mass is 516 g/mol. The van der Waals surface area contributed by atoms with Crippen LogP contribution in [0.4, 0.5) is 11.5 Å². The number of aromatic nitrogens is 1. The molecule has 0 unspecified atom stereocenters. The number of rotatable bonds is 13. The lowest BCUT2D eigenvalue weighted by Crippen LogP contribution is -2.38. The van der Waals surface area contributed by atoms with Crippen LogP contribution >= 0.6 is 11.6 Å². The average Bonchev–Trinajstić information content (AvgIpc) is 2.92. The number of halogens is 1. The van der Waals surface area contributed by atoms with E-state index in [1.165, 1.54) is 0 Å². The number of methoxy groups -OCH3 is 1. The summed E-state index contributed by atoms with van der Waals surface area (Å²) in [6, 6.07) is 11.6. The summed E-state index contributed by atoms with van der Waals surface area (Å²) < 4.78 is 16.0. The summed E-state index contributed by atoms with van der Waals surface area (Å²) >= 11 is 6.58. The van der Waals surface area contributed by atoms with Gasteiger partial charge in [0.05, 0.1) is 24.8 Å². The third-order valence-corrected chi connectivity index (χ3v) is 7.46. The Balaban J connectivity index is 1.26. The van der Waals surface area contributed by atoms with Crippen LogP contribution in [0.3, 0.4) is 0 Å². The molecule has 1 saturated carbocycles. The molecular formula is C28H41ClN4O3. The molecule has 4 rings (SSSR count). The Hall–Kier alpha value is -1.90. The van der Waals surface area contributed by atoms with Gasteiger partial charge in [0.15, 0.2) is 0 Å². The zero-order valence-corrected chi connectivity index (χ0v) is 22.2. The number of pyridine rings is 1. The summed E-state index contributed by atoms with van der Waals surface area (Å²) in [6.45, 7) is 5.64. The highest BCUT2D eigenvalue weighted by Gasteiger charge is 2.21. The number of nitrogens with zero attached hydrogens (tertiary/aromatic N) is 1. The van der Waals surface area contributed by atoms with Gasteiger partial charge in [-0.2, -0.15) is 0 Å². The Morgan fingerprint density at radius 3 is 2.61 bits per heavy atom. The van der Waals surface area contributed by atoms with Gasteiger partial charge in [0, 0.05) is 62.9 Å². The minimum Gasteiger partial charge on any atom is -0.385 e. The summed E-state index contributed by atoms with van der Waals surface area (Å²) in [5.74, 6) is 1.56. The van der Waals surface area contributed by atoms with Gasteiger partial charge in [-0.05, 0) is 68.2 Å². The topological polar surface area (TPSA) is 76.7 Å². The molecule has 0 atom stereocenters. The molecule has 2 aromatic rings. The molecule has 36 heavy (non-hydrogen) atoms. The highest BCUT2D eigenvalue weighted by atomic mass is 35.5. The van der Waals surface area contributed by atoms with Crippen molar-refractivity contribution in [3.8, 4) is 11.1 Å².